The highest BCUT2D eigenvalue weighted by Crippen LogP contribution is 2.27. The van der Waals surface area contributed by atoms with Crippen LogP contribution < -0.4 is 11.5 Å². The van der Waals surface area contributed by atoms with Gasteiger partial charge in [-0.25, -0.2) is 4.98 Å². The number of hydrogen-bond acceptors (Lipinski definition) is 3. The fourth-order valence-electron chi connectivity index (χ4n) is 1.09. The minimum absolute atomic E-state index is 0.384. The number of benzene rings is 1. The molecular weight excluding hydrogens is 220 g/mol. The third-order valence-electron chi connectivity index (χ3n) is 1.66. The molecule has 1 aromatic carbocycles. The number of H-pyrrole nitrogens is 1. The Labute approximate surface area is 77.1 Å². The van der Waals surface area contributed by atoms with Crippen LogP contribution in [0.4, 0.5) is 11.6 Å². The summed E-state index contributed by atoms with van der Waals surface area (Å²) in [5.41, 5.74) is 13.4. The van der Waals surface area contributed by atoms with Gasteiger partial charge in [-0.1, -0.05) is 0 Å². The quantitative estimate of drug-likeness (QED) is 0.596. The van der Waals surface area contributed by atoms with Gasteiger partial charge in [0, 0.05) is 4.47 Å². The second kappa shape index (κ2) is 2.38. The van der Waals surface area contributed by atoms with Crippen molar-refractivity contribution in [1.82, 2.24) is 9.97 Å². The Balaban J connectivity index is 2.89. The van der Waals surface area contributed by atoms with E-state index in [1.165, 1.54) is 0 Å². The van der Waals surface area contributed by atoms with Gasteiger partial charge in [0.25, 0.3) is 0 Å². The molecule has 12 heavy (non-hydrogen) atoms. The molecule has 2 rings (SSSR count). The lowest BCUT2D eigenvalue weighted by molar-refractivity contribution is 1.35. The molecule has 62 valence electrons. The van der Waals surface area contributed by atoms with Gasteiger partial charge < -0.3 is 16.5 Å². The van der Waals surface area contributed by atoms with Crippen molar-refractivity contribution in [1.29, 1.82) is 0 Å². The van der Waals surface area contributed by atoms with Gasteiger partial charge in [-0.2, -0.15) is 0 Å². The molecule has 0 aliphatic carbocycles. The second-order valence-electron chi connectivity index (χ2n) is 2.48. The topological polar surface area (TPSA) is 80.7 Å². The van der Waals surface area contributed by atoms with Crippen LogP contribution in [0.5, 0.6) is 0 Å². The van der Waals surface area contributed by atoms with Crippen molar-refractivity contribution in [3.63, 3.8) is 0 Å². The van der Waals surface area contributed by atoms with Crippen LogP contribution in [0.15, 0.2) is 16.6 Å². The number of hydrogen-bond donors (Lipinski definition) is 3. The smallest absolute Gasteiger partial charge is 0.198 e. The molecule has 5 heteroatoms. The molecule has 0 aliphatic rings. The molecule has 1 aromatic heterocycles. The summed E-state index contributed by atoms with van der Waals surface area (Å²) in [6, 6.07) is 3.73. The molecule has 1 heterocycles. The molecule has 0 bridgehead atoms. The van der Waals surface area contributed by atoms with E-state index in [-0.39, 0.29) is 0 Å². The average Bonchev–Trinajstić information content (AvgIpc) is 2.39. The number of aromatic amines is 1. The number of halogens is 1. The minimum Gasteiger partial charge on any atom is -0.396 e. The number of nitrogens with one attached hydrogen (secondary N) is 1. The Morgan fingerprint density at radius 2 is 2.08 bits per heavy atom. The maximum Gasteiger partial charge on any atom is 0.198 e. The Morgan fingerprint density at radius 3 is 2.83 bits per heavy atom. The zero-order valence-corrected chi connectivity index (χ0v) is 7.72. The largest absolute Gasteiger partial charge is 0.396 e. The number of nitrogens with zero attached hydrogens (tertiary/aromatic N) is 1. The molecule has 4 nitrogen and oxygen atoms in total. The first-order chi connectivity index (χ1) is 5.68. The van der Waals surface area contributed by atoms with Crippen LogP contribution in [0.1, 0.15) is 0 Å². The molecule has 0 atom stereocenters. The first-order valence-electron chi connectivity index (χ1n) is 3.37. The van der Waals surface area contributed by atoms with Crippen molar-refractivity contribution in [3.05, 3.63) is 16.6 Å². The summed E-state index contributed by atoms with van der Waals surface area (Å²) in [6.45, 7) is 0. The van der Waals surface area contributed by atoms with E-state index in [9.17, 15) is 0 Å². The van der Waals surface area contributed by atoms with Crippen molar-refractivity contribution >= 4 is 38.6 Å². The molecule has 0 amide bonds. The molecular formula is C7H7BrN4. The van der Waals surface area contributed by atoms with Crippen molar-refractivity contribution in [3.8, 4) is 0 Å². The summed E-state index contributed by atoms with van der Waals surface area (Å²) in [5.74, 6) is 0.384. The molecule has 2 aromatic rings. The molecule has 0 unspecified atom stereocenters. The van der Waals surface area contributed by atoms with Crippen LogP contribution in [0, 0.1) is 0 Å². The van der Waals surface area contributed by atoms with Crippen molar-refractivity contribution < 1.29 is 0 Å². The lowest BCUT2D eigenvalue weighted by atomic mass is 10.3. The highest BCUT2D eigenvalue weighted by Gasteiger charge is 2.05. The number of fused-ring (bicyclic) bond motifs is 1. The fraction of sp³-hybridized carbons (Fsp3) is 0. The van der Waals surface area contributed by atoms with Crippen LogP contribution in [-0.2, 0) is 0 Å². The van der Waals surface area contributed by atoms with Gasteiger partial charge >= 0.3 is 0 Å². The predicted molar refractivity (Wildman–Crippen MR) is 52.6 cm³/mol. The van der Waals surface area contributed by atoms with E-state index in [4.69, 9.17) is 11.5 Å². The van der Waals surface area contributed by atoms with E-state index in [2.05, 4.69) is 25.9 Å². The number of rotatable bonds is 0. The minimum atomic E-state index is 0.384. The molecule has 0 aliphatic heterocycles. The molecule has 0 saturated carbocycles. The SMILES string of the molecule is Nc1nc2c(N)c(Br)ccc2[nH]1. The predicted octanol–water partition coefficient (Wildman–Crippen LogP) is 1.49. The number of aromatic nitrogens is 2. The van der Waals surface area contributed by atoms with Crippen molar-refractivity contribution in [2.45, 2.75) is 0 Å². The van der Waals surface area contributed by atoms with Crippen LogP contribution in [0.3, 0.4) is 0 Å². The van der Waals surface area contributed by atoms with Gasteiger partial charge in [-0.3, -0.25) is 0 Å². The summed E-state index contributed by atoms with van der Waals surface area (Å²) in [6.07, 6.45) is 0. The summed E-state index contributed by atoms with van der Waals surface area (Å²) in [5, 5.41) is 0. The monoisotopic (exact) mass is 226 g/mol. The van der Waals surface area contributed by atoms with E-state index in [0.29, 0.717) is 17.2 Å². The second-order valence-corrected chi connectivity index (χ2v) is 3.33. The van der Waals surface area contributed by atoms with E-state index in [1.807, 2.05) is 12.1 Å². The first-order valence-corrected chi connectivity index (χ1v) is 4.17. The zero-order valence-electron chi connectivity index (χ0n) is 6.13. The number of nitrogens with two attached hydrogens (primary N) is 2. The standard InChI is InChI=1S/C7H7BrN4/c8-3-1-2-4-6(5(3)9)12-7(10)11-4/h1-2H,9H2,(H3,10,11,12). The zero-order chi connectivity index (χ0) is 8.72. The van der Waals surface area contributed by atoms with E-state index < -0.39 is 0 Å². The van der Waals surface area contributed by atoms with Gasteiger partial charge in [0.2, 0.25) is 0 Å². The van der Waals surface area contributed by atoms with Gasteiger partial charge in [-0.15, -0.1) is 0 Å². The lowest BCUT2D eigenvalue weighted by Gasteiger charge is -1.96. The van der Waals surface area contributed by atoms with Crippen molar-refractivity contribution in [2.24, 2.45) is 0 Å². The third kappa shape index (κ3) is 0.937. The maximum atomic E-state index is 5.75. The van der Waals surface area contributed by atoms with E-state index in [0.717, 1.165) is 9.99 Å². The number of imidazole rings is 1. The Morgan fingerprint density at radius 1 is 1.33 bits per heavy atom. The summed E-state index contributed by atoms with van der Waals surface area (Å²) >= 11 is 3.31. The van der Waals surface area contributed by atoms with Gasteiger partial charge in [0.05, 0.1) is 11.2 Å². The van der Waals surface area contributed by atoms with Crippen LogP contribution in [0.2, 0.25) is 0 Å². The van der Waals surface area contributed by atoms with E-state index >= 15 is 0 Å². The van der Waals surface area contributed by atoms with E-state index in [1.54, 1.807) is 0 Å². The molecule has 0 spiro atoms. The number of anilines is 2. The molecule has 5 N–H and O–H groups in total. The summed E-state index contributed by atoms with van der Waals surface area (Å²) < 4.78 is 0.835. The van der Waals surface area contributed by atoms with Crippen LogP contribution >= 0.6 is 15.9 Å². The van der Waals surface area contributed by atoms with Gasteiger partial charge in [-0.05, 0) is 28.1 Å². The van der Waals surface area contributed by atoms with Gasteiger partial charge in [0.1, 0.15) is 5.52 Å². The molecule has 0 saturated heterocycles. The third-order valence-corrected chi connectivity index (χ3v) is 2.35. The molecule has 0 radical (unpaired) electrons. The highest BCUT2D eigenvalue weighted by molar-refractivity contribution is 9.10. The first kappa shape index (κ1) is 7.42. The maximum absolute atomic E-state index is 5.75. The average molecular weight is 227 g/mol. The Bertz CT molecular complexity index is 434. The van der Waals surface area contributed by atoms with Crippen LogP contribution in [0.25, 0.3) is 11.0 Å². The number of nitrogen functional groups attached to an aromatic ring is 2. The van der Waals surface area contributed by atoms with Crippen LogP contribution in [-0.4, -0.2) is 9.97 Å². The lowest BCUT2D eigenvalue weighted by Crippen LogP contribution is -1.88. The summed E-state index contributed by atoms with van der Waals surface area (Å²) in [4.78, 5) is 6.93. The Hall–Kier alpha value is -1.23. The summed E-state index contributed by atoms with van der Waals surface area (Å²) in [7, 11) is 0. The Kier molecular flexibility index (Phi) is 1.47. The van der Waals surface area contributed by atoms with Crippen molar-refractivity contribution in [2.75, 3.05) is 11.5 Å². The fourth-order valence-corrected chi connectivity index (χ4v) is 1.41. The van der Waals surface area contributed by atoms with Gasteiger partial charge in [0.15, 0.2) is 5.95 Å². The molecule has 0 fully saturated rings. The highest BCUT2D eigenvalue weighted by atomic mass is 79.9. The normalized spacial score (nSPS) is 10.8.